The monoisotopic (exact) mass is 428 g/mol. The van der Waals surface area contributed by atoms with Crippen LogP contribution in [0.25, 0.3) is 0 Å². The molecule has 0 heterocycles. The van der Waals surface area contributed by atoms with Gasteiger partial charge in [-0.3, -0.25) is 0 Å². The molecule has 4 atom stereocenters. The number of esters is 1. The number of aliphatic hydroxyl groups is 2. The number of ether oxygens (including phenoxy) is 3. The maximum Gasteiger partial charge on any atom is 0.330 e. The van der Waals surface area contributed by atoms with Gasteiger partial charge in [-0.25, -0.2) is 4.79 Å². The van der Waals surface area contributed by atoms with Crippen LogP contribution in [0.3, 0.4) is 0 Å². The van der Waals surface area contributed by atoms with Crippen LogP contribution in [-0.2, 0) is 27.3 Å². The van der Waals surface area contributed by atoms with Crippen LogP contribution in [0.1, 0.15) is 25.0 Å². The second-order valence-electron chi connectivity index (χ2n) is 7.38. The highest BCUT2D eigenvalue weighted by Crippen LogP contribution is 2.22. The Hall–Kier alpha value is -2.67. The quantitative estimate of drug-likeness (QED) is 0.399. The van der Waals surface area contributed by atoms with Crippen LogP contribution in [0.4, 0.5) is 0 Å². The fraction of sp³-hybridized carbons (Fsp3) is 0.400. The number of aliphatic hydroxyl groups excluding tert-OH is 2. The number of methoxy groups -OCH3 is 1. The molecule has 0 aliphatic heterocycles. The summed E-state index contributed by atoms with van der Waals surface area (Å²) in [6, 6.07) is 17.1. The molecule has 2 aromatic rings. The lowest BCUT2D eigenvalue weighted by Crippen LogP contribution is -2.43. The fourth-order valence-electron chi connectivity index (χ4n) is 3.22. The van der Waals surface area contributed by atoms with E-state index in [4.69, 9.17) is 14.2 Å². The highest BCUT2D eigenvalue weighted by atomic mass is 16.5. The topological polar surface area (TPSA) is 85.2 Å². The molecule has 6 nitrogen and oxygen atoms in total. The Labute approximate surface area is 184 Å². The first kappa shape index (κ1) is 24.6. The summed E-state index contributed by atoms with van der Waals surface area (Å²) >= 11 is 0. The Kier molecular flexibility index (Phi) is 10.2. The number of benzene rings is 2. The number of carbonyl (C=O) groups is 1. The van der Waals surface area contributed by atoms with Crippen molar-refractivity contribution >= 4 is 5.97 Å². The Morgan fingerprint density at radius 1 is 1.03 bits per heavy atom. The molecule has 2 N–H and O–H groups in total. The van der Waals surface area contributed by atoms with E-state index in [0.717, 1.165) is 23.0 Å². The molecular formula is C25H32O6. The van der Waals surface area contributed by atoms with Gasteiger partial charge >= 0.3 is 5.97 Å². The second-order valence-corrected chi connectivity index (χ2v) is 7.38. The largest absolute Gasteiger partial charge is 0.497 e. The highest BCUT2D eigenvalue weighted by Gasteiger charge is 2.31. The van der Waals surface area contributed by atoms with E-state index in [9.17, 15) is 15.0 Å². The van der Waals surface area contributed by atoms with E-state index in [0.29, 0.717) is 6.42 Å². The van der Waals surface area contributed by atoms with Crippen molar-refractivity contribution in [2.45, 2.75) is 45.2 Å². The van der Waals surface area contributed by atoms with Gasteiger partial charge in [0, 0.05) is 6.08 Å². The van der Waals surface area contributed by atoms with Crippen molar-refractivity contribution in [3.05, 3.63) is 77.9 Å². The van der Waals surface area contributed by atoms with E-state index in [-0.39, 0.29) is 19.1 Å². The SMILES string of the molecule is CCOC(=O)/C=C/[C@H](O)[C@H](OCc1ccccc1)[C@H](O)[C@@H](C)Cc1ccc(OC)cc1. The van der Waals surface area contributed by atoms with E-state index in [1.54, 1.807) is 14.0 Å². The predicted octanol–water partition coefficient (Wildman–Crippen LogP) is 3.30. The van der Waals surface area contributed by atoms with Crippen molar-refractivity contribution in [1.82, 2.24) is 0 Å². The number of hydrogen-bond donors (Lipinski definition) is 2. The molecule has 0 aromatic heterocycles. The van der Waals surface area contributed by atoms with Crippen molar-refractivity contribution in [2.24, 2.45) is 5.92 Å². The van der Waals surface area contributed by atoms with Gasteiger partial charge in [0.15, 0.2) is 0 Å². The normalized spacial score (nSPS) is 15.3. The van der Waals surface area contributed by atoms with Crippen LogP contribution in [0, 0.1) is 5.92 Å². The molecule has 0 spiro atoms. The molecule has 0 fully saturated rings. The zero-order chi connectivity index (χ0) is 22.6. The van der Waals surface area contributed by atoms with Crippen LogP contribution >= 0.6 is 0 Å². The van der Waals surface area contributed by atoms with Crippen molar-refractivity contribution < 1.29 is 29.2 Å². The minimum Gasteiger partial charge on any atom is -0.497 e. The molecule has 0 bridgehead atoms. The van der Waals surface area contributed by atoms with Gasteiger partial charge in [-0.2, -0.15) is 0 Å². The predicted molar refractivity (Wildman–Crippen MR) is 119 cm³/mol. The van der Waals surface area contributed by atoms with Gasteiger partial charge in [0.25, 0.3) is 0 Å². The molecule has 2 aromatic carbocycles. The average molecular weight is 429 g/mol. The molecule has 0 saturated heterocycles. The van der Waals surface area contributed by atoms with E-state index < -0.39 is 24.3 Å². The van der Waals surface area contributed by atoms with Crippen molar-refractivity contribution in [1.29, 1.82) is 0 Å². The average Bonchev–Trinajstić information content (AvgIpc) is 2.79. The molecule has 2 rings (SSSR count). The molecule has 168 valence electrons. The van der Waals surface area contributed by atoms with Crippen LogP contribution in [0.15, 0.2) is 66.7 Å². The molecule has 0 amide bonds. The van der Waals surface area contributed by atoms with Gasteiger partial charge in [0.1, 0.15) is 18.0 Å². The summed E-state index contributed by atoms with van der Waals surface area (Å²) < 4.78 is 16.0. The van der Waals surface area contributed by atoms with Crippen LogP contribution in [0.2, 0.25) is 0 Å². The maximum absolute atomic E-state index is 11.6. The summed E-state index contributed by atoms with van der Waals surface area (Å²) in [6.07, 6.45) is -0.0107. The third-order valence-corrected chi connectivity index (χ3v) is 4.97. The first-order valence-electron chi connectivity index (χ1n) is 10.4. The van der Waals surface area contributed by atoms with E-state index in [2.05, 4.69) is 0 Å². The summed E-state index contributed by atoms with van der Waals surface area (Å²) in [5.74, 6) is 0.00416. The van der Waals surface area contributed by atoms with E-state index >= 15 is 0 Å². The van der Waals surface area contributed by atoms with Gasteiger partial charge in [-0.1, -0.05) is 49.4 Å². The molecule has 0 aliphatic rings. The number of carbonyl (C=O) groups excluding carboxylic acids is 1. The van der Waals surface area contributed by atoms with E-state index in [1.165, 1.54) is 6.08 Å². The van der Waals surface area contributed by atoms with Crippen LogP contribution < -0.4 is 4.74 Å². The molecule has 0 saturated carbocycles. The summed E-state index contributed by atoms with van der Waals surface area (Å²) in [5, 5.41) is 21.7. The van der Waals surface area contributed by atoms with Crippen LogP contribution in [0.5, 0.6) is 5.75 Å². The first-order chi connectivity index (χ1) is 14.9. The van der Waals surface area contributed by atoms with Crippen LogP contribution in [-0.4, -0.2) is 48.2 Å². The lowest BCUT2D eigenvalue weighted by atomic mass is 9.90. The Morgan fingerprint density at radius 2 is 1.71 bits per heavy atom. The van der Waals surface area contributed by atoms with Crippen molar-refractivity contribution in [3.8, 4) is 5.75 Å². The summed E-state index contributed by atoms with van der Waals surface area (Å²) in [6.45, 7) is 4.07. The first-order valence-corrected chi connectivity index (χ1v) is 10.4. The summed E-state index contributed by atoms with van der Waals surface area (Å²) in [4.78, 5) is 11.6. The highest BCUT2D eigenvalue weighted by molar-refractivity contribution is 5.81. The number of rotatable bonds is 12. The molecule has 0 unspecified atom stereocenters. The Morgan fingerprint density at radius 3 is 2.32 bits per heavy atom. The molecular weight excluding hydrogens is 396 g/mol. The minimum atomic E-state index is -1.18. The van der Waals surface area contributed by atoms with Gasteiger partial charge in [-0.15, -0.1) is 0 Å². The minimum absolute atomic E-state index is 0.209. The molecule has 0 aliphatic carbocycles. The standard InChI is InChI=1S/C25H32O6/c1-4-30-23(27)15-14-22(26)25(31-17-20-8-6-5-7-9-20)24(28)18(2)16-19-10-12-21(29-3)13-11-19/h5-15,18,22,24-26,28H,4,16-17H2,1-3H3/b15-14+/t18-,22-,24+,25-/m0/s1. The molecule has 6 heteroatoms. The fourth-order valence-corrected chi connectivity index (χ4v) is 3.22. The van der Waals surface area contributed by atoms with Gasteiger partial charge in [0.05, 0.1) is 26.4 Å². The third kappa shape index (κ3) is 8.17. The van der Waals surface area contributed by atoms with Gasteiger partial charge < -0.3 is 24.4 Å². The molecule has 0 radical (unpaired) electrons. The van der Waals surface area contributed by atoms with Gasteiger partial charge in [0.2, 0.25) is 0 Å². The lowest BCUT2D eigenvalue weighted by Gasteiger charge is -2.30. The van der Waals surface area contributed by atoms with Crippen molar-refractivity contribution in [2.75, 3.05) is 13.7 Å². The van der Waals surface area contributed by atoms with E-state index in [1.807, 2.05) is 61.5 Å². The Bertz CT molecular complexity index is 803. The smallest absolute Gasteiger partial charge is 0.330 e. The third-order valence-electron chi connectivity index (χ3n) is 4.97. The lowest BCUT2D eigenvalue weighted by molar-refractivity contribution is -0.137. The maximum atomic E-state index is 11.6. The van der Waals surface area contributed by atoms with Crippen molar-refractivity contribution in [3.63, 3.8) is 0 Å². The summed E-state index contributed by atoms with van der Waals surface area (Å²) in [5.41, 5.74) is 1.95. The Balaban J connectivity index is 2.10. The zero-order valence-corrected chi connectivity index (χ0v) is 18.3. The number of hydrogen-bond acceptors (Lipinski definition) is 6. The molecule has 31 heavy (non-hydrogen) atoms. The second kappa shape index (κ2) is 12.9. The summed E-state index contributed by atoms with van der Waals surface area (Å²) in [7, 11) is 1.61. The zero-order valence-electron chi connectivity index (χ0n) is 18.3. The van der Waals surface area contributed by atoms with Gasteiger partial charge in [-0.05, 0) is 48.6 Å².